The van der Waals surface area contributed by atoms with Crippen molar-refractivity contribution in [2.75, 3.05) is 32.8 Å². The van der Waals surface area contributed by atoms with Gasteiger partial charge in [0.2, 0.25) is 5.91 Å². The van der Waals surface area contributed by atoms with Gasteiger partial charge < -0.3 is 9.64 Å². The number of morpholine rings is 1. The van der Waals surface area contributed by atoms with E-state index in [1.54, 1.807) is 0 Å². The summed E-state index contributed by atoms with van der Waals surface area (Å²) < 4.78 is 7.47. The molecule has 0 bridgehead atoms. The van der Waals surface area contributed by atoms with Crippen molar-refractivity contribution in [1.29, 1.82) is 0 Å². The molecule has 3 rings (SSSR count). The Bertz CT molecular complexity index is 565. The maximum Gasteiger partial charge on any atom is 0.239 e. The number of aromatic nitrogens is 2. The Balaban J connectivity index is 1.69. The third-order valence-electron chi connectivity index (χ3n) is 5.35. The average molecular weight is 334 g/mol. The van der Waals surface area contributed by atoms with E-state index in [2.05, 4.69) is 32.6 Å². The van der Waals surface area contributed by atoms with Crippen molar-refractivity contribution in [2.24, 2.45) is 0 Å². The smallest absolute Gasteiger partial charge is 0.239 e. The van der Waals surface area contributed by atoms with E-state index in [0.29, 0.717) is 0 Å². The summed E-state index contributed by atoms with van der Waals surface area (Å²) in [6, 6.07) is 2.30. The Hall–Kier alpha value is -1.40. The van der Waals surface area contributed by atoms with E-state index in [1.165, 1.54) is 12.1 Å². The van der Waals surface area contributed by atoms with Gasteiger partial charge in [-0.3, -0.25) is 14.4 Å². The van der Waals surface area contributed by atoms with Crippen molar-refractivity contribution in [3.05, 3.63) is 17.5 Å². The van der Waals surface area contributed by atoms with E-state index in [-0.39, 0.29) is 18.0 Å². The summed E-state index contributed by atoms with van der Waals surface area (Å²) in [5.74, 6) is 0.267. The van der Waals surface area contributed by atoms with E-state index in [4.69, 9.17) is 4.74 Å². The first-order chi connectivity index (χ1) is 11.6. The van der Waals surface area contributed by atoms with Crippen LogP contribution in [-0.2, 0) is 16.1 Å². The number of ether oxygens (including phenoxy) is 1. The molecule has 0 aliphatic carbocycles. The summed E-state index contributed by atoms with van der Waals surface area (Å²) in [4.78, 5) is 17.5. The molecule has 134 valence electrons. The normalized spacial score (nSPS) is 24.1. The average Bonchev–Trinajstić information content (AvgIpc) is 2.92. The van der Waals surface area contributed by atoms with Crippen LogP contribution in [0.3, 0.4) is 0 Å². The molecule has 6 nitrogen and oxygen atoms in total. The lowest BCUT2D eigenvalue weighted by molar-refractivity contribution is -0.142. The topological polar surface area (TPSA) is 50.6 Å². The second-order valence-electron chi connectivity index (χ2n) is 7.11. The molecule has 2 atom stereocenters. The van der Waals surface area contributed by atoms with Crippen LogP contribution >= 0.6 is 0 Å². The van der Waals surface area contributed by atoms with Crippen LogP contribution in [0.1, 0.15) is 37.6 Å². The van der Waals surface area contributed by atoms with Gasteiger partial charge >= 0.3 is 0 Å². The van der Waals surface area contributed by atoms with Gasteiger partial charge in [0.25, 0.3) is 0 Å². The maximum absolute atomic E-state index is 13.1. The summed E-state index contributed by atoms with van der Waals surface area (Å²) >= 11 is 0. The summed E-state index contributed by atoms with van der Waals surface area (Å²) in [5.41, 5.74) is 2.22. The summed E-state index contributed by atoms with van der Waals surface area (Å²) in [6.07, 6.45) is 3.37. The number of hydrogen-bond donors (Lipinski definition) is 0. The Morgan fingerprint density at radius 3 is 2.71 bits per heavy atom. The minimum atomic E-state index is -0.0602. The first-order valence-corrected chi connectivity index (χ1v) is 9.19. The molecule has 2 aliphatic heterocycles. The molecule has 2 aliphatic rings. The highest BCUT2D eigenvalue weighted by molar-refractivity contribution is 5.82. The molecule has 1 amide bonds. The highest BCUT2D eigenvalue weighted by Gasteiger charge is 2.33. The third kappa shape index (κ3) is 3.81. The first kappa shape index (κ1) is 17.4. The molecule has 0 saturated carbocycles. The summed E-state index contributed by atoms with van der Waals surface area (Å²) in [6.45, 7) is 11.0. The highest BCUT2D eigenvalue weighted by Crippen LogP contribution is 2.21. The number of likely N-dealkylation sites (tertiary alicyclic amines) is 1. The van der Waals surface area contributed by atoms with Gasteiger partial charge in [-0.05, 0) is 46.1 Å². The molecule has 1 aromatic heterocycles. The Kier molecular flexibility index (Phi) is 5.56. The van der Waals surface area contributed by atoms with Crippen LogP contribution in [0.2, 0.25) is 0 Å². The van der Waals surface area contributed by atoms with Gasteiger partial charge in [-0.2, -0.15) is 5.10 Å². The van der Waals surface area contributed by atoms with Crippen molar-refractivity contribution in [1.82, 2.24) is 19.6 Å². The highest BCUT2D eigenvalue weighted by atomic mass is 16.5. The zero-order valence-electron chi connectivity index (χ0n) is 15.2. The Labute approximate surface area is 144 Å². The molecule has 1 aromatic rings. The molecule has 0 N–H and O–H groups in total. The number of carbonyl (C=O) groups is 1. The van der Waals surface area contributed by atoms with E-state index in [9.17, 15) is 4.79 Å². The van der Waals surface area contributed by atoms with Gasteiger partial charge in [0.05, 0.1) is 37.5 Å². The zero-order chi connectivity index (χ0) is 17.1. The lowest BCUT2D eigenvalue weighted by Crippen LogP contribution is -2.55. The van der Waals surface area contributed by atoms with Crippen molar-refractivity contribution in [2.45, 2.75) is 58.7 Å². The van der Waals surface area contributed by atoms with E-state index in [1.807, 2.05) is 13.8 Å². The predicted octanol–water partition coefficient (Wildman–Crippen LogP) is 1.60. The number of hydrogen-bond acceptors (Lipinski definition) is 4. The molecule has 2 fully saturated rings. The second kappa shape index (κ2) is 7.66. The maximum atomic E-state index is 13.1. The zero-order valence-corrected chi connectivity index (χ0v) is 15.2. The molecule has 0 radical (unpaired) electrons. The molecule has 24 heavy (non-hydrogen) atoms. The molecule has 6 heteroatoms. The van der Waals surface area contributed by atoms with Crippen LogP contribution in [0.5, 0.6) is 0 Å². The van der Waals surface area contributed by atoms with Crippen LogP contribution in [0.15, 0.2) is 6.07 Å². The third-order valence-corrected chi connectivity index (χ3v) is 5.35. The lowest BCUT2D eigenvalue weighted by atomic mass is 10.0. The van der Waals surface area contributed by atoms with Gasteiger partial charge in [-0.15, -0.1) is 0 Å². The minimum absolute atomic E-state index is 0.0602. The molecular formula is C18H30N4O2. The largest absolute Gasteiger partial charge is 0.379 e. The quantitative estimate of drug-likeness (QED) is 0.839. The standard InChI is InChI=1S/C18H30N4O2/c1-14-12-15(2)22(19-14)13-17-6-4-5-7-21(17)18(23)16(3)20-8-10-24-11-9-20/h12,16-17H,4-11,13H2,1-3H3/t16-,17-/m0/s1. The number of amides is 1. The van der Waals surface area contributed by atoms with Crippen molar-refractivity contribution in [3.8, 4) is 0 Å². The van der Waals surface area contributed by atoms with E-state index >= 15 is 0 Å². The van der Waals surface area contributed by atoms with E-state index < -0.39 is 0 Å². The Morgan fingerprint density at radius 2 is 2.04 bits per heavy atom. The van der Waals surface area contributed by atoms with Crippen LogP contribution in [-0.4, -0.2) is 70.4 Å². The van der Waals surface area contributed by atoms with Crippen molar-refractivity contribution in [3.63, 3.8) is 0 Å². The minimum Gasteiger partial charge on any atom is -0.379 e. The van der Waals surface area contributed by atoms with Crippen LogP contribution < -0.4 is 0 Å². The number of piperidine rings is 1. The Morgan fingerprint density at radius 1 is 1.29 bits per heavy atom. The molecule has 3 heterocycles. The summed E-state index contributed by atoms with van der Waals surface area (Å²) in [5, 5.41) is 4.58. The van der Waals surface area contributed by atoms with Crippen LogP contribution in [0, 0.1) is 13.8 Å². The van der Waals surface area contributed by atoms with Crippen LogP contribution in [0.4, 0.5) is 0 Å². The number of nitrogens with zero attached hydrogens (tertiary/aromatic N) is 4. The monoisotopic (exact) mass is 334 g/mol. The van der Waals surface area contributed by atoms with Gasteiger partial charge in [0.1, 0.15) is 0 Å². The molecular weight excluding hydrogens is 304 g/mol. The number of carbonyl (C=O) groups excluding carboxylic acids is 1. The molecule has 0 aromatic carbocycles. The van der Waals surface area contributed by atoms with Gasteiger partial charge in [-0.25, -0.2) is 0 Å². The molecule has 2 saturated heterocycles. The molecule has 0 unspecified atom stereocenters. The van der Waals surface area contributed by atoms with Crippen molar-refractivity contribution < 1.29 is 9.53 Å². The van der Waals surface area contributed by atoms with E-state index in [0.717, 1.165) is 57.9 Å². The van der Waals surface area contributed by atoms with Gasteiger partial charge in [0.15, 0.2) is 0 Å². The fourth-order valence-electron chi connectivity index (χ4n) is 3.90. The van der Waals surface area contributed by atoms with Gasteiger partial charge in [-0.1, -0.05) is 0 Å². The molecule has 0 spiro atoms. The number of rotatable bonds is 4. The van der Waals surface area contributed by atoms with Crippen LogP contribution in [0.25, 0.3) is 0 Å². The lowest BCUT2D eigenvalue weighted by Gasteiger charge is -2.40. The number of aryl methyl sites for hydroxylation is 2. The first-order valence-electron chi connectivity index (χ1n) is 9.19. The fourth-order valence-corrected chi connectivity index (χ4v) is 3.90. The van der Waals surface area contributed by atoms with Gasteiger partial charge in [0, 0.05) is 25.3 Å². The fraction of sp³-hybridized carbons (Fsp3) is 0.778. The van der Waals surface area contributed by atoms with Crippen molar-refractivity contribution >= 4 is 5.91 Å². The predicted molar refractivity (Wildman–Crippen MR) is 92.9 cm³/mol. The second-order valence-corrected chi connectivity index (χ2v) is 7.11. The SMILES string of the molecule is Cc1cc(C)n(C[C@@H]2CCCCN2C(=O)[C@H](C)N2CCOCC2)n1. The summed E-state index contributed by atoms with van der Waals surface area (Å²) in [7, 11) is 0.